The maximum absolute atomic E-state index is 13.6. The van der Waals surface area contributed by atoms with Crippen LogP contribution in [0.1, 0.15) is 6.42 Å². The highest BCUT2D eigenvalue weighted by Gasteiger charge is 2.25. The minimum atomic E-state index is -0.802. The molecule has 0 amide bonds. The average Bonchev–Trinajstić information content (AvgIpc) is 2.64. The molecule has 2 rings (SSSR count). The summed E-state index contributed by atoms with van der Waals surface area (Å²) in [7, 11) is 0. The summed E-state index contributed by atoms with van der Waals surface area (Å²) in [5.74, 6) is -0.802. The Hall–Kier alpha value is -1.73. The van der Waals surface area contributed by atoms with E-state index < -0.39 is 16.4 Å². The number of hydrogen-bond donors (Lipinski definition) is 1. The zero-order valence-electron chi connectivity index (χ0n) is 11.2. The Morgan fingerprint density at radius 3 is 2.80 bits per heavy atom. The molecule has 1 aliphatic heterocycles. The van der Waals surface area contributed by atoms with Gasteiger partial charge < -0.3 is 10.0 Å². The fraction of sp³-hybridized carbons (Fsp3) is 0.538. The normalized spacial score (nSPS) is 17.0. The van der Waals surface area contributed by atoms with Crippen LogP contribution in [0.2, 0.25) is 0 Å². The molecule has 0 unspecified atom stereocenters. The minimum Gasteiger partial charge on any atom is -0.395 e. The molecule has 1 heterocycles. The van der Waals surface area contributed by atoms with E-state index in [1.165, 1.54) is 6.07 Å². The van der Waals surface area contributed by atoms with Gasteiger partial charge in [0.1, 0.15) is 5.69 Å². The highest BCUT2D eigenvalue weighted by molar-refractivity contribution is 5.63. The van der Waals surface area contributed by atoms with Gasteiger partial charge in [-0.1, -0.05) is 6.07 Å². The van der Waals surface area contributed by atoms with E-state index >= 15 is 0 Å². The number of benzene rings is 1. The van der Waals surface area contributed by atoms with Gasteiger partial charge in [-0.2, -0.15) is 4.39 Å². The Balaban J connectivity index is 2.20. The van der Waals surface area contributed by atoms with Crippen molar-refractivity contribution in [2.75, 3.05) is 44.2 Å². The average molecular weight is 283 g/mol. The Labute approximate surface area is 116 Å². The molecule has 0 bridgehead atoms. The summed E-state index contributed by atoms with van der Waals surface area (Å²) in [6.45, 7) is 3.46. The van der Waals surface area contributed by atoms with Crippen molar-refractivity contribution in [1.29, 1.82) is 0 Å². The van der Waals surface area contributed by atoms with Crippen molar-refractivity contribution in [3.05, 3.63) is 34.1 Å². The molecule has 20 heavy (non-hydrogen) atoms. The second-order valence-corrected chi connectivity index (χ2v) is 4.77. The Kier molecular flexibility index (Phi) is 4.86. The molecule has 0 spiro atoms. The Morgan fingerprint density at radius 2 is 2.10 bits per heavy atom. The van der Waals surface area contributed by atoms with Crippen LogP contribution in [0.3, 0.4) is 0 Å². The second-order valence-electron chi connectivity index (χ2n) is 4.77. The van der Waals surface area contributed by atoms with Crippen molar-refractivity contribution in [3.63, 3.8) is 0 Å². The maximum atomic E-state index is 13.6. The van der Waals surface area contributed by atoms with Gasteiger partial charge in [-0.15, -0.1) is 0 Å². The first-order chi connectivity index (χ1) is 9.63. The lowest BCUT2D eigenvalue weighted by Crippen LogP contribution is -2.32. The maximum Gasteiger partial charge on any atom is 0.327 e. The van der Waals surface area contributed by atoms with Gasteiger partial charge >= 0.3 is 5.69 Å². The summed E-state index contributed by atoms with van der Waals surface area (Å²) in [5, 5.41) is 20.0. The van der Waals surface area contributed by atoms with Gasteiger partial charge in [0.2, 0.25) is 5.82 Å². The van der Waals surface area contributed by atoms with E-state index in [9.17, 15) is 14.5 Å². The molecule has 6 nitrogen and oxygen atoms in total. The Bertz CT molecular complexity index is 484. The lowest BCUT2D eigenvalue weighted by atomic mass is 10.2. The van der Waals surface area contributed by atoms with Crippen LogP contribution in [0.5, 0.6) is 0 Å². The van der Waals surface area contributed by atoms with E-state index in [0.717, 1.165) is 19.0 Å². The number of rotatable bonds is 4. The topological polar surface area (TPSA) is 69.9 Å². The number of halogens is 1. The summed E-state index contributed by atoms with van der Waals surface area (Å²) < 4.78 is 13.6. The van der Waals surface area contributed by atoms with Crippen molar-refractivity contribution in [2.45, 2.75) is 6.42 Å². The number of aliphatic hydroxyl groups excluding tert-OH is 1. The molecule has 7 heteroatoms. The van der Waals surface area contributed by atoms with Crippen molar-refractivity contribution in [1.82, 2.24) is 4.90 Å². The SMILES string of the molecule is O=[N+]([O-])c1c(F)cccc1N1CCCN(CCO)CC1. The second kappa shape index (κ2) is 6.62. The number of nitro benzene ring substituents is 1. The molecule has 1 aromatic rings. The number of nitro groups is 1. The third-order valence-corrected chi connectivity index (χ3v) is 3.49. The molecule has 1 saturated heterocycles. The summed E-state index contributed by atoms with van der Waals surface area (Å²) in [5.41, 5.74) is -0.121. The monoisotopic (exact) mass is 283 g/mol. The zero-order valence-corrected chi connectivity index (χ0v) is 11.2. The largest absolute Gasteiger partial charge is 0.395 e. The molecule has 0 radical (unpaired) electrons. The first kappa shape index (κ1) is 14.7. The molecular weight excluding hydrogens is 265 g/mol. The third-order valence-electron chi connectivity index (χ3n) is 3.49. The van der Waals surface area contributed by atoms with E-state index in [0.29, 0.717) is 31.9 Å². The fourth-order valence-electron chi connectivity index (χ4n) is 2.52. The lowest BCUT2D eigenvalue weighted by Gasteiger charge is -2.23. The van der Waals surface area contributed by atoms with Gasteiger partial charge in [0.25, 0.3) is 0 Å². The van der Waals surface area contributed by atoms with Crippen LogP contribution in [-0.2, 0) is 0 Å². The number of nitrogens with zero attached hydrogens (tertiary/aromatic N) is 3. The van der Waals surface area contributed by atoms with Gasteiger partial charge in [0.15, 0.2) is 0 Å². The highest BCUT2D eigenvalue weighted by atomic mass is 19.1. The number of para-hydroxylation sites is 1. The van der Waals surface area contributed by atoms with Crippen LogP contribution < -0.4 is 4.90 Å². The molecule has 1 aliphatic rings. The number of aliphatic hydroxyl groups is 1. The third kappa shape index (κ3) is 3.23. The molecule has 0 saturated carbocycles. The van der Waals surface area contributed by atoms with Crippen LogP contribution in [0.15, 0.2) is 18.2 Å². The lowest BCUT2D eigenvalue weighted by molar-refractivity contribution is -0.386. The van der Waals surface area contributed by atoms with Crippen LogP contribution in [0.25, 0.3) is 0 Å². The molecule has 110 valence electrons. The molecule has 1 aromatic carbocycles. The van der Waals surface area contributed by atoms with Gasteiger partial charge in [0, 0.05) is 26.2 Å². The number of anilines is 1. The molecule has 0 aliphatic carbocycles. The van der Waals surface area contributed by atoms with E-state index in [2.05, 4.69) is 4.90 Å². The van der Waals surface area contributed by atoms with Crippen LogP contribution >= 0.6 is 0 Å². The Morgan fingerprint density at radius 1 is 1.30 bits per heavy atom. The van der Waals surface area contributed by atoms with Gasteiger partial charge in [-0.05, 0) is 25.1 Å². The van der Waals surface area contributed by atoms with Crippen molar-refractivity contribution in [2.24, 2.45) is 0 Å². The first-order valence-corrected chi connectivity index (χ1v) is 6.64. The quantitative estimate of drug-likeness (QED) is 0.665. The molecule has 1 N–H and O–H groups in total. The predicted molar refractivity (Wildman–Crippen MR) is 73.4 cm³/mol. The molecular formula is C13H18FN3O3. The number of β-amino-alcohol motifs (C(OH)–C–C–N with tert-alkyl or cyclic N) is 1. The molecule has 0 aromatic heterocycles. The van der Waals surface area contributed by atoms with E-state index in [1.54, 1.807) is 6.07 Å². The van der Waals surface area contributed by atoms with Crippen molar-refractivity contribution < 1.29 is 14.4 Å². The van der Waals surface area contributed by atoms with E-state index in [1.807, 2.05) is 4.90 Å². The predicted octanol–water partition coefficient (Wildman–Crippen LogP) is 1.24. The van der Waals surface area contributed by atoms with Crippen molar-refractivity contribution in [3.8, 4) is 0 Å². The van der Waals surface area contributed by atoms with Crippen LogP contribution in [0.4, 0.5) is 15.8 Å². The minimum absolute atomic E-state index is 0.0973. The molecule has 1 fully saturated rings. The van der Waals surface area contributed by atoms with Gasteiger partial charge in [-0.25, -0.2) is 0 Å². The summed E-state index contributed by atoms with van der Waals surface area (Å²) >= 11 is 0. The summed E-state index contributed by atoms with van der Waals surface area (Å²) in [4.78, 5) is 14.3. The standard InChI is InChI=1S/C13H18FN3O3/c14-11-3-1-4-12(13(11)17(19)20)16-6-2-5-15(7-8-16)9-10-18/h1,3-4,18H,2,5-10H2. The first-order valence-electron chi connectivity index (χ1n) is 6.64. The molecule has 0 atom stereocenters. The zero-order chi connectivity index (χ0) is 14.5. The van der Waals surface area contributed by atoms with E-state index in [-0.39, 0.29) is 6.61 Å². The summed E-state index contributed by atoms with van der Waals surface area (Å²) in [6, 6.07) is 4.19. The van der Waals surface area contributed by atoms with Crippen LogP contribution in [0, 0.1) is 15.9 Å². The summed E-state index contributed by atoms with van der Waals surface area (Å²) in [6.07, 6.45) is 0.827. The van der Waals surface area contributed by atoms with Gasteiger partial charge in [-0.3, -0.25) is 15.0 Å². The van der Waals surface area contributed by atoms with Gasteiger partial charge in [0.05, 0.1) is 11.5 Å². The smallest absolute Gasteiger partial charge is 0.327 e. The van der Waals surface area contributed by atoms with E-state index in [4.69, 9.17) is 5.11 Å². The van der Waals surface area contributed by atoms with Crippen molar-refractivity contribution >= 4 is 11.4 Å². The number of hydrogen-bond acceptors (Lipinski definition) is 5. The van der Waals surface area contributed by atoms with Crippen LogP contribution in [-0.4, -0.2) is 54.3 Å². The highest BCUT2D eigenvalue weighted by Crippen LogP contribution is 2.31. The fourth-order valence-corrected chi connectivity index (χ4v) is 2.52.